The SMILES string of the molecule is C=NC1=C(CCC)CCC(C)=C1. The predicted octanol–water partition coefficient (Wildman–Crippen LogP) is 3.48. The Bertz CT molecular complexity index is 229. The van der Waals surface area contributed by atoms with E-state index in [9.17, 15) is 0 Å². The second kappa shape index (κ2) is 4.24. The summed E-state index contributed by atoms with van der Waals surface area (Å²) in [5, 5.41) is 0. The normalized spacial score (nSPS) is 17.7. The third kappa shape index (κ3) is 2.07. The number of allylic oxidation sites excluding steroid dienone is 3. The fourth-order valence-corrected chi connectivity index (χ4v) is 1.60. The molecule has 0 aliphatic heterocycles. The molecule has 1 aliphatic rings. The van der Waals surface area contributed by atoms with E-state index in [4.69, 9.17) is 0 Å². The smallest absolute Gasteiger partial charge is 0.0613 e. The molecule has 1 heteroatoms. The minimum atomic E-state index is 1.13. The van der Waals surface area contributed by atoms with Gasteiger partial charge in [0.2, 0.25) is 0 Å². The maximum absolute atomic E-state index is 4.05. The summed E-state index contributed by atoms with van der Waals surface area (Å²) >= 11 is 0. The molecule has 0 spiro atoms. The Balaban J connectivity index is 2.83. The lowest BCUT2D eigenvalue weighted by atomic mass is 9.94. The van der Waals surface area contributed by atoms with Crippen molar-refractivity contribution in [1.29, 1.82) is 0 Å². The molecule has 0 amide bonds. The average molecular weight is 163 g/mol. The second-order valence-electron chi connectivity index (χ2n) is 3.39. The first-order chi connectivity index (χ1) is 5.77. The fraction of sp³-hybridized carbons (Fsp3) is 0.545. The molecule has 0 radical (unpaired) electrons. The third-order valence-electron chi connectivity index (χ3n) is 2.29. The van der Waals surface area contributed by atoms with E-state index < -0.39 is 0 Å². The second-order valence-corrected chi connectivity index (χ2v) is 3.39. The van der Waals surface area contributed by atoms with E-state index in [1.807, 2.05) is 0 Å². The number of hydrogen-bond donors (Lipinski definition) is 0. The Hall–Kier alpha value is -0.850. The van der Waals surface area contributed by atoms with Crippen molar-refractivity contribution in [3.05, 3.63) is 22.9 Å². The molecule has 0 fully saturated rings. The number of aliphatic imine (C=N–C) groups is 1. The summed E-state index contributed by atoms with van der Waals surface area (Å²) in [4.78, 5) is 4.05. The highest BCUT2D eigenvalue weighted by molar-refractivity contribution is 5.39. The van der Waals surface area contributed by atoms with Crippen LogP contribution >= 0.6 is 0 Å². The van der Waals surface area contributed by atoms with Crippen LogP contribution in [0.25, 0.3) is 0 Å². The van der Waals surface area contributed by atoms with E-state index in [1.165, 1.54) is 36.8 Å². The largest absolute Gasteiger partial charge is 0.265 e. The van der Waals surface area contributed by atoms with Crippen LogP contribution in [0.3, 0.4) is 0 Å². The topological polar surface area (TPSA) is 12.4 Å². The summed E-state index contributed by atoms with van der Waals surface area (Å²) in [7, 11) is 0. The quantitative estimate of drug-likeness (QED) is 0.565. The lowest BCUT2D eigenvalue weighted by molar-refractivity contribution is 0.785. The van der Waals surface area contributed by atoms with Gasteiger partial charge in [-0.2, -0.15) is 0 Å². The van der Waals surface area contributed by atoms with Crippen molar-refractivity contribution >= 4 is 6.72 Å². The first kappa shape index (κ1) is 9.24. The molecular weight excluding hydrogens is 146 g/mol. The molecule has 0 unspecified atom stereocenters. The summed E-state index contributed by atoms with van der Waals surface area (Å²) in [5.74, 6) is 0. The van der Waals surface area contributed by atoms with Gasteiger partial charge in [0, 0.05) is 0 Å². The summed E-state index contributed by atoms with van der Waals surface area (Å²) < 4.78 is 0. The van der Waals surface area contributed by atoms with Crippen LogP contribution in [0.15, 0.2) is 27.9 Å². The lowest BCUT2D eigenvalue weighted by Gasteiger charge is -2.14. The van der Waals surface area contributed by atoms with Gasteiger partial charge < -0.3 is 0 Å². The summed E-state index contributed by atoms with van der Waals surface area (Å²) in [6.45, 7) is 7.97. The standard InChI is InChI=1S/C11H17N/c1-4-5-10-7-6-9(2)8-11(10)12-3/h8H,3-7H2,1-2H3. The lowest BCUT2D eigenvalue weighted by Crippen LogP contribution is -1.96. The zero-order valence-corrected chi connectivity index (χ0v) is 8.06. The number of nitrogens with zero attached hydrogens (tertiary/aromatic N) is 1. The summed E-state index contributed by atoms with van der Waals surface area (Å²) in [6.07, 6.45) is 6.94. The Kier molecular flexibility index (Phi) is 3.27. The molecular formula is C11H17N. The van der Waals surface area contributed by atoms with Gasteiger partial charge in [0.1, 0.15) is 0 Å². The molecule has 0 aromatic rings. The summed E-state index contributed by atoms with van der Waals surface area (Å²) in [5.41, 5.74) is 4.04. The zero-order valence-electron chi connectivity index (χ0n) is 8.06. The minimum Gasteiger partial charge on any atom is -0.265 e. The van der Waals surface area contributed by atoms with Crippen molar-refractivity contribution in [2.24, 2.45) is 4.99 Å². The summed E-state index contributed by atoms with van der Waals surface area (Å²) in [6, 6.07) is 0. The van der Waals surface area contributed by atoms with E-state index in [-0.39, 0.29) is 0 Å². The van der Waals surface area contributed by atoms with Gasteiger partial charge in [-0.15, -0.1) is 0 Å². The molecule has 0 N–H and O–H groups in total. The monoisotopic (exact) mass is 163 g/mol. The van der Waals surface area contributed by atoms with Crippen LogP contribution < -0.4 is 0 Å². The van der Waals surface area contributed by atoms with E-state index in [1.54, 1.807) is 0 Å². The molecule has 0 heterocycles. The Morgan fingerprint density at radius 1 is 1.50 bits per heavy atom. The first-order valence-corrected chi connectivity index (χ1v) is 4.63. The highest BCUT2D eigenvalue weighted by Crippen LogP contribution is 2.27. The maximum Gasteiger partial charge on any atom is 0.0613 e. The molecule has 0 saturated carbocycles. The van der Waals surface area contributed by atoms with Gasteiger partial charge in [0.25, 0.3) is 0 Å². The third-order valence-corrected chi connectivity index (χ3v) is 2.29. The van der Waals surface area contributed by atoms with Gasteiger partial charge in [0.05, 0.1) is 5.70 Å². The molecule has 1 rings (SSSR count). The number of hydrogen-bond acceptors (Lipinski definition) is 1. The highest BCUT2D eigenvalue weighted by Gasteiger charge is 2.08. The molecule has 0 atom stereocenters. The average Bonchev–Trinajstić information content (AvgIpc) is 2.08. The van der Waals surface area contributed by atoms with Crippen molar-refractivity contribution in [1.82, 2.24) is 0 Å². The van der Waals surface area contributed by atoms with Crippen LogP contribution in [0.4, 0.5) is 0 Å². The van der Waals surface area contributed by atoms with Crippen LogP contribution in [0.1, 0.15) is 39.5 Å². The Labute approximate surface area is 74.9 Å². The molecule has 1 nitrogen and oxygen atoms in total. The highest BCUT2D eigenvalue weighted by atomic mass is 14.7. The van der Waals surface area contributed by atoms with E-state index in [0.29, 0.717) is 0 Å². The molecule has 0 saturated heterocycles. The fourth-order valence-electron chi connectivity index (χ4n) is 1.60. The molecule has 0 aromatic heterocycles. The molecule has 66 valence electrons. The van der Waals surface area contributed by atoms with E-state index >= 15 is 0 Å². The van der Waals surface area contributed by atoms with Gasteiger partial charge in [0.15, 0.2) is 0 Å². The van der Waals surface area contributed by atoms with Crippen molar-refractivity contribution in [2.45, 2.75) is 39.5 Å². The minimum absolute atomic E-state index is 1.13. The predicted molar refractivity (Wildman–Crippen MR) is 54.5 cm³/mol. The van der Waals surface area contributed by atoms with Crippen LogP contribution in [0, 0.1) is 0 Å². The van der Waals surface area contributed by atoms with Crippen LogP contribution in [0.2, 0.25) is 0 Å². The number of rotatable bonds is 3. The molecule has 12 heavy (non-hydrogen) atoms. The van der Waals surface area contributed by atoms with Crippen LogP contribution in [-0.4, -0.2) is 6.72 Å². The van der Waals surface area contributed by atoms with E-state index in [0.717, 1.165) is 5.70 Å². The van der Waals surface area contributed by atoms with Crippen LogP contribution in [-0.2, 0) is 0 Å². The molecule has 0 aromatic carbocycles. The Morgan fingerprint density at radius 3 is 2.83 bits per heavy atom. The first-order valence-electron chi connectivity index (χ1n) is 4.63. The van der Waals surface area contributed by atoms with Crippen molar-refractivity contribution in [2.75, 3.05) is 0 Å². The van der Waals surface area contributed by atoms with Crippen molar-refractivity contribution in [3.8, 4) is 0 Å². The van der Waals surface area contributed by atoms with Gasteiger partial charge in [-0.3, -0.25) is 4.99 Å². The molecule has 0 bridgehead atoms. The van der Waals surface area contributed by atoms with Gasteiger partial charge in [-0.25, -0.2) is 0 Å². The van der Waals surface area contributed by atoms with Gasteiger partial charge >= 0.3 is 0 Å². The molecule has 1 aliphatic carbocycles. The van der Waals surface area contributed by atoms with E-state index in [2.05, 4.69) is 31.6 Å². The zero-order chi connectivity index (χ0) is 8.97. The van der Waals surface area contributed by atoms with Gasteiger partial charge in [-0.05, 0) is 44.6 Å². The maximum atomic E-state index is 4.05. The van der Waals surface area contributed by atoms with Crippen LogP contribution in [0.5, 0.6) is 0 Å². The van der Waals surface area contributed by atoms with Crippen molar-refractivity contribution < 1.29 is 0 Å². The van der Waals surface area contributed by atoms with Gasteiger partial charge in [-0.1, -0.05) is 18.9 Å². The van der Waals surface area contributed by atoms with Crippen molar-refractivity contribution in [3.63, 3.8) is 0 Å². The Morgan fingerprint density at radius 2 is 2.25 bits per heavy atom.